The second-order valence-electron chi connectivity index (χ2n) is 4.25. The molecule has 2 heterocycles. The predicted octanol–water partition coefficient (Wildman–Crippen LogP) is 2.88. The molecule has 0 radical (unpaired) electrons. The molecule has 0 amide bonds. The Labute approximate surface area is 118 Å². The molecule has 0 aliphatic carbocycles. The van der Waals surface area contributed by atoms with E-state index in [1.165, 1.54) is 12.1 Å². The Morgan fingerprint density at radius 3 is 2.71 bits per heavy atom. The van der Waals surface area contributed by atoms with Crippen LogP contribution in [0.5, 0.6) is 0 Å². The molecule has 2 aromatic heterocycles. The highest BCUT2D eigenvalue weighted by Crippen LogP contribution is 2.20. The zero-order chi connectivity index (χ0) is 14.8. The fourth-order valence-corrected chi connectivity index (χ4v) is 1.88. The van der Waals surface area contributed by atoms with Gasteiger partial charge in [-0.2, -0.15) is 0 Å². The molecule has 0 fully saturated rings. The molecule has 0 atom stereocenters. The maximum absolute atomic E-state index is 10.5. The predicted molar refractivity (Wildman–Crippen MR) is 78.2 cm³/mol. The van der Waals surface area contributed by atoms with Gasteiger partial charge in [0.2, 0.25) is 0 Å². The van der Waals surface area contributed by atoms with Crippen LogP contribution in [-0.4, -0.2) is 14.9 Å². The fourth-order valence-electron chi connectivity index (χ4n) is 1.88. The van der Waals surface area contributed by atoms with Crippen molar-refractivity contribution in [1.82, 2.24) is 9.97 Å². The van der Waals surface area contributed by atoms with Gasteiger partial charge >= 0.3 is 5.88 Å². The van der Waals surface area contributed by atoms with Gasteiger partial charge < -0.3 is 10.2 Å². The summed E-state index contributed by atoms with van der Waals surface area (Å²) in [6.07, 6.45) is 3.14. The van der Waals surface area contributed by atoms with E-state index in [1.807, 2.05) is 24.3 Å². The Balaban J connectivity index is 1.93. The van der Waals surface area contributed by atoms with Gasteiger partial charge in [-0.15, -0.1) is 0 Å². The molecule has 2 N–H and O–H groups in total. The summed E-state index contributed by atoms with van der Waals surface area (Å²) in [4.78, 5) is 18.4. The van der Waals surface area contributed by atoms with Gasteiger partial charge in [-0.3, -0.25) is 10.1 Å². The molecule has 0 aliphatic heterocycles. The summed E-state index contributed by atoms with van der Waals surface area (Å²) < 4.78 is 5.01. The monoisotopic (exact) mass is 282 g/mol. The molecule has 21 heavy (non-hydrogen) atoms. The molecule has 0 spiro atoms. The Morgan fingerprint density at radius 1 is 1.14 bits per heavy atom. The number of hydrogen-bond donors (Lipinski definition) is 1. The molecule has 0 saturated heterocycles. The second-order valence-corrected chi connectivity index (χ2v) is 4.25. The largest absolute Gasteiger partial charge is 0.433 e. The molecule has 104 valence electrons. The van der Waals surface area contributed by atoms with E-state index in [4.69, 9.17) is 10.2 Å². The lowest BCUT2D eigenvalue weighted by Gasteiger charge is -2.01. The van der Waals surface area contributed by atoms with Crippen LogP contribution < -0.4 is 5.73 Å². The molecule has 0 aliphatic rings. The first-order valence-electron chi connectivity index (χ1n) is 6.08. The quantitative estimate of drug-likeness (QED) is 0.584. The zero-order valence-corrected chi connectivity index (χ0v) is 10.8. The number of furan rings is 1. The summed E-state index contributed by atoms with van der Waals surface area (Å²) in [7, 11) is 0. The van der Waals surface area contributed by atoms with Crippen LogP contribution in [0.1, 0.15) is 11.6 Å². The minimum Gasteiger partial charge on any atom is -0.401 e. The lowest BCUT2D eigenvalue weighted by Crippen LogP contribution is -1.97. The number of hydrogen-bond acceptors (Lipinski definition) is 6. The van der Waals surface area contributed by atoms with Crippen LogP contribution >= 0.6 is 0 Å². The first-order valence-corrected chi connectivity index (χ1v) is 6.08. The molecule has 0 saturated carbocycles. The third-order valence-corrected chi connectivity index (χ3v) is 2.84. The standard InChI is InChI=1S/C14H10N4O3/c15-14-10-3-1-2-4-11(10)16-12(17-14)7-5-9-6-8-13(21-9)18(19)20/h1-8H,(H2,15,16,17)/b7-5+. The number of nitrogen functional groups attached to an aromatic ring is 1. The Bertz CT molecular complexity index is 854. The number of para-hydroxylation sites is 1. The van der Waals surface area contributed by atoms with E-state index in [-0.39, 0.29) is 5.88 Å². The van der Waals surface area contributed by atoms with Crippen LogP contribution in [0, 0.1) is 10.1 Å². The summed E-state index contributed by atoms with van der Waals surface area (Å²) in [5, 5.41) is 11.3. The van der Waals surface area contributed by atoms with E-state index in [0.29, 0.717) is 17.4 Å². The zero-order valence-electron chi connectivity index (χ0n) is 10.8. The number of nitrogens with two attached hydrogens (primary N) is 1. The summed E-state index contributed by atoms with van der Waals surface area (Å²) in [6, 6.07) is 10.2. The Hall–Kier alpha value is -3.22. The molecule has 1 aromatic carbocycles. The second kappa shape index (κ2) is 5.04. The van der Waals surface area contributed by atoms with E-state index in [2.05, 4.69) is 9.97 Å². The van der Waals surface area contributed by atoms with Crippen LogP contribution in [-0.2, 0) is 0 Å². The number of nitro groups is 1. The van der Waals surface area contributed by atoms with Gasteiger partial charge in [-0.1, -0.05) is 12.1 Å². The minimum absolute atomic E-state index is 0.311. The van der Waals surface area contributed by atoms with Crippen molar-refractivity contribution in [3.63, 3.8) is 0 Å². The van der Waals surface area contributed by atoms with E-state index >= 15 is 0 Å². The van der Waals surface area contributed by atoms with Gasteiger partial charge in [0.25, 0.3) is 0 Å². The van der Waals surface area contributed by atoms with Gasteiger partial charge in [0.05, 0.1) is 11.6 Å². The highest BCUT2D eigenvalue weighted by atomic mass is 16.6. The number of benzene rings is 1. The molecular weight excluding hydrogens is 272 g/mol. The van der Waals surface area contributed by atoms with Crippen molar-refractivity contribution in [2.75, 3.05) is 5.73 Å². The lowest BCUT2D eigenvalue weighted by molar-refractivity contribution is -0.402. The van der Waals surface area contributed by atoms with Gasteiger partial charge in [0, 0.05) is 5.39 Å². The van der Waals surface area contributed by atoms with Crippen molar-refractivity contribution in [3.05, 3.63) is 58.1 Å². The normalized spacial score (nSPS) is 11.2. The van der Waals surface area contributed by atoms with Gasteiger partial charge in [0.15, 0.2) is 5.82 Å². The highest BCUT2D eigenvalue weighted by Gasteiger charge is 2.10. The van der Waals surface area contributed by atoms with Gasteiger partial charge in [-0.05, 0) is 30.4 Å². The van der Waals surface area contributed by atoms with Crippen molar-refractivity contribution in [2.45, 2.75) is 0 Å². The van der Waals surface area contributed by atoms with Gasteiger partial charge in [0.1, 0.15) is 16.5 Å². The number of fused-ring (bicyclic) bond motifs is 1. The smallest absolute Gasteiger partial charge is 0.401 e. The molecule has 0 bridgehead atoms. The molecule has 7 heteroatoms. The fraction of sp³-hybridized carbons (Fsp3) is 0. The van der Waals surface area contributed by atoms with Crippen molar-refractivity contribution in [3.8, 4) is 0 Å². The topological polar surface area (TPSA) is 108 Å². The van der Waals surface area contributed by atoms with Crippen molar-refractivity contribution >= 4 is 34.8 Å². The lowest BCUT2D eigenvalue weighted by atomic mass is 10.2. The van der Waals surface area contributed by atoms with E-state index in [9.17, 15) is 10.1 Å². The van der Waals surface area contributed by atoms with Crippen LogP contribution in [0.15, 0.2) is 40.8 Å². The third-order valence-electron chi connectivity index (χ3n) is 2.84. The summed E-state index contributed by atoms with van der Waals surface area (Å²) in [5.41, 5.74) is 6.60. The average molecular weight is 282 g/mol. The summed E-state index contributed by atoms with van der Waals surface area (Å²) in [5.74, 6) is 0.821. The minimum atomic E-state index is -0.595. The van der Waals surface area contributed by atoms with Crippen LogP contribution in [0.2, 0.25) is 0 Å². The number of anilines is 1. The average Bonchev–Trinajstić information content (AvgIpc) is 2.94. The van der Waals surface area contributed by atoms with Crippen LogP contribution in [0.25, 0.3) is 23.1 Å². The molecule has 0 unspecified atom stereocenters. The first kappa shape index (κ1) is 12.8. The van der Waals surface area contributed by atoms with Crippen LogP contribution in [0.4, 0.5) is 11.7 Å². The molecule has 3 rings (SSSR count). The van der Waals surface area contributed by atoms with Crippen molar-refractivity contribution in [1.29, 1.82) is 0 Å². The van der Waals surface area contributed by atoms with Crippen molar-refractivity contribution in [2.24, 2.45) is 0 Å². The summed E-state index contributed by atoms with van der Waals surface area (Å²) in [6.45, 7) is 0. The van der Waals surface area contributed by atoms with E-state index in [1.54, 1.807) is 12.2 Å². The maximum atomic E-state index is 10.5. The number of aromatic nitrogens is 2. The number of rotatable bonds is 3. The molecule has 7 nitrogen and oxygen atoms in total. The van der Waals surface area contributed by atoms with Crippen LogP contribution in [0.3, 0.4) is 0 Å². The maximum Gasteiger partial charge on any atom is 0.433 e. The number of nitrogens with zero attached hydrogens (tertiary/aromatic N) is 3. The van der Waals surface area contributed by atoms with Crippen molar-refractivity contribution < 1.29 is 9.34 Å². The Morgan fingerprint density at radius 2 is 1.95 bits per heavy atom. The van der Waals surface area contributed by atoms with E-state index in [0.717, 1.165) is 10.9 Å². The molecular formula is C14H10N4O3. The Kier molecular flexibility index (Phi) is 3.07. The highest BCUT2D eigenvalue weighted by molar-refractivity contribution is 5.88. The third kappa shape index (κ3) is 2.57. The van der Waals surface area contributed by atoms with E-state index < -0.39 is 4.92 Å². The summed E-state index contributed by atoms with van der Waals surface area (Å²) >= 11 is 0. The molecule has 3 aromatic rings. The van der Waals surface area contributed by atoms with Gasteiger partial charge in [-0.25, -0.2) is 9.97 Å². The first-order chi connectivity index (χ1) is 10.1. The SMILES string of the molecule is Nc1nc(/C=C/c2ccc([N+](=O)[O-])o2)nc2ccccc12.